The highest BCUT2D eigenvalue weighted by molar-refractivity contribution is 4.76. The lowest BCUT2D eigenvalue weighted by atomic mass is 10.3. The van der Waals surface area contributed by atoms with Crippen LogP contribution in [0, 0.1) is 0 Å². The zero-order valence-electron chi connectivity index (χ0n) is 8.78. The summed E-state index contributed by atoms with van der Waals surface area (Å²) in [5.74, 6) is 0. The van der Waals surface area contributed by atoms with Crippen LogP contribution < -0.4 is 5.32 Å². The molecule has 0 aromatic rings. The van der Waals surface area contributed by atoms with Crippen molar-refractivity contribution in [3.63, 3.8) is 0 Å². The number of aliphatic hydroxyl groups is 1. The van der Waals surface area contributed by atoms with Crippen molar-refractivity contribution >= 4 is 0 Å². The number of nitrogens with one attached hydrogen (secondary N) is 1. The van der Waals surface area contributed by atoms with E-state index in [0.717, 1.165) is 45.7 Å². The summed E-state index contributed by atoms with van der Waals surface area (Å²) < 4.78 is 0. The number of rotatable bonds is 3. The summed E-state index contributed by atoms with van der Waals surface area (Å²) in [5.41, 5.74) is 0. The molecule has 2 fully saturated rings. The molecule has 2 heterocycles. The van der Waals surface area contributed by atoms with Crippen molar-refractivity contribution in [3.05, 3.63) is 0 Å². The van der Waals surface area contributed by atoms with Crippen molar-refractivity contribution < 1.29 is 5.11 Å². The van der Waals surface area contributed by atoms with Crippen LogP contribution in [0.3, 0.4) is 0 Å². The normalized spacial score (nSPS) is 31.1. The second-order valence-corrected chi connectivity index (χ2v) is 4.33. The van der Waals surface area contributed by atoms with Gasteiger partial charge >= 0.3 is 0 Å². The molecule has 0 aromatic heterocycles. The van der Waals surface area contributed by atoms with Gasteiger partial charge in [-0.1, -0.05) is 0 Å². The lowest BCUT2D eigenvalue weighted by Gasteiger charge is -2.28. The van der Waals surface area contributed by atoms with E-state index in [9.17, 15) is 5.11 Å². The number of aliphatic hydroxyl groups excluding tert-OH is 1. The molecular formula is C10H21N3O. The van der Waals surface area contributed by atoms with E-state index in [4.69, 9.17) is 0 Å². The maximum absolute atomic E-state index is 9.37. The third kappa shape index (κ3) is 2.92. The Morgan fingerprint density at radius 1 is 1.07 bits per heavy atom. The van der Waals surface area contributed by atoms with Gasteiger partial charge in [-0.15, -0.1) is 0 Å². The van der Waals surface area contributed by atoms with Gasteiger partial charge in [0.15, 0.2) is 0 Å². The Morgan fingerprint density at radius 2 is 1.79 bits per heavy atom. The molecule has 0 bridgehead atoms. The SMILES string of the molecule is OC1CCN(CCN2CCNCC2)C1. The second-order valence-electron chi connectivity index (χ2n) is 4.33. The number of hydrogen-bond acceptors (Lipinski definition) is 4. The van der Waals surface area contributed by atoms with Crippen molar-refractivity contribution in [2.75, 3.05) is 52.4 Å². The first kappa shape index (κ1) is 10.4. The van der Waals surface area contributed by atoms with Crippen molar-refractivity contribution in [2.24, 2.45) is 0 Å². The summed E-state index contributed by atoms with van der Waals surface area (Å²) in [7, 11) is 0. The van der Waals surface area contributed by atoms with Crippen LogP contribution in [0.2, 0.25) is 0 Å². The average Bonchev–Trinajstić information content (AvgIpc) is 2.63. The molecule has 0 amide bonds. The monoisotopic (exact) mass is 199 g/mol. The fourth-order valence-electron chi connectivity index (χ4n) is 2.23. The molecule has 2 N–H and O–H groups in total. The van der Waals surface area contributed by atoms with Gasteiger partial charge in [0.1, 0.15) is 0 Å². The number of likely N-dealkylation sites (tertiary alicyclic amines) is 1. The third-order valence-corrected chi connectivity index (χ3v) is 3.19. The van der Waals surface area contributed by atoms with Gasteiger partial charge in [-0.25, -0.2) is 0 Å². The fourth-order valence-corrected chi connectivity index (χ4v) is 2.23. The van der Waals surface area contributed by atoms with Crippen molar-refractivity contribution in [1.82, 2.24) is 15.1 Å². The Hall–Kier alpha value is -0.160. The highest BCUT2D eigenvalue weighted by Gasteiger charge is 2.20. The third-order valence-electron chi connectivity index (χ3n) is 3.19. The van der Waals surface area contributed by atoms with Gasteiger partial charge in [0, 0.05) is 52.4 Å². The zero-order valence-corrected chi connectivity index (χ0v) is 8.78. The number of hydrogen-bond donors (Lipinski definition) is 2. The Labute approximate surface area is 85.9 Å². The molecule has 0 spiro atoms. The quantitative estimate of drug-likeness (QED) is 0.609. The predicted octanol–water partition coefficient (Wildman–Crippen LogP) is -1.04. The maximum atomic E-state index is 9.37. The highest BCUT2D eigenvalue weighted by Crippen LogP contribution is 2.08. The largest absolute Gasteiger partial charge is 0.392 e. The maximum Gasteiger partial charge on any atom is 0.0679 e. The fraction of sp³-hybridized carbons (Fsp3) is 1.00. The first-order chi connectivity index (χ1) is 6.84. The summed E-state index contributed by atoms with van der Waals surface area (Å²) in [6.07, 6.45) is 0.889. The Morgan fingerprint density at radius 3 is 2.43 bits per heavy atom. The van der Waals surface area contributed by atoms with E-state index >= 15 is 0 Å². The molecule has 82 valence electrons. The van der Waals surface area contributed by atoms with Crippen LogP contribution in [0.25, 0.3) is 0 Å². The van der Waals surface area contributed by atoms with E-state index in [1.807, 2.05) is 0 Å². The molecule has 0 radical (unpaired) electrons. The first-order valence-electron chi connectivity index (χ1n) is 5.68. The smallest absolute Gasteiger partial charge is 0.0679 e. The molecular weight excluding hydrogens is 178 g/mol. The molecule has 2 aliphatic heterocycles. The molecule has 4 heteroatoms. The van der Waals surface area contributed by atoms with Crippen molar-refractivity contribution in [1.29, 1.82) is 0 Å². The Balaban J connectivity index is 1.61. The molecule has 14 heavy (non-hydrogen) atoms. The zero-order chi connectivity index (χ0) is 9.80. The van der Waals surface area contributed by atoms with Crippen LogP contribution >= 0.6 is 0 Å². The molecule has 1 unspecified atom stereocenters. The molecule has 0 aliphatic carbocycles. The van der Waals surface area contributed by atoms with Crippen molar-refractivity contribution in [3.8, 4) is 0 Å². The number of piperazine rings is 1. The molecule has 4 nitrogen and oxygen atoms in total. The van der Waals surface area contributed by atoms with Gasteiger partial charge in [0.2, 0.25) is 0 Å². The van der Waals surface area contributed by atoms with Crippen LogP contribution in [0.15, 0.2) is 0 Å². The van der Waals surface area contributed by atoms with Gasteiger partial charge < -0.3 is 10.4 Å². The van der Waals surface area contributed by atoms with Gasteiger partial charge in [-0.05, 0) is 6.42 Å². The van der Waals surface area contributed by atoms with Crippen LogP contribution in [0.5, 0.6) is 0 Å². The van der Waals surface area contributed by atoms with Gasteiger partial charge in [0.25, 0.3) is 0 Å². The Bertz CT molecular complexity index is 166. The van der Waals surface area contributed by atoms with Crippen molar-refractivity contribution in [2.45, 2.75) is 12.5 Å². The predicted molar refractivity (Wildman–Crippen MR) is 56.4 cm³/mol. The molecule has 1 atom stereocenters. The van der Waals surface area contributed by atoms with Gasteiger partial charge in [-0.2, -0.15) is 0 Å². The summed E-state index contributed by atoms with van der Waals surface area (Å²) in [5, 5.41) is 12.7. The average molecular weight is 199 g/mol. The minimum absolute atomic E-state index is 0.0713. The van der Waals surface area contributed by atoms with Crippen LogP contribution in [0.1, 0.15) is 6.42 Å². The molecule has 0 aromatic carbocycles. The van der Waals surface area contributed by atoms with Gasteiger partial charge in [-0.3, -0.25) is 9.80 Å². The van der Waals surface area contributed by atoms with E-state index < -0.39 is 0 Å². The van der Waals surface area contributed by atoms with E-state index in [0.29, 0.717) is 0 Å². The summed E-state index contributed by atoms with van der Waals surface area (Å²) in [6.45, 7) is 8.85. The standard InChI is InChI=1S/C10H21N3O/c14-10-1-4-13(9-10)8-7-12-5-2-11-3-6-12/h10-11,14H,1-9H2. The first-order valence-corrected chi connectivity index (χ1v) is 5.68. The number of β-amino-alcohol motifs (C(OH)–C–C–N with tert-alkyl or cyclic N) is 1. The summed E-state index contributed by atoms with van der Waals surface area (Å²) in [6, 6.07) is 0. The second kappa shape index (κ2) is 5.07. The molecule has 2 saturated heterocycles. The minimum atomic E-state index is -0.0713. The van der Waals surface area contributed by atoms with Gasteiger partial charge in [0.05, 0.1) is 6.10 Å². The lowest BCUT2D eigenvalue weighted by molar-refractivity contribution is 0.163. The van der Waals surface area contributed by atoms with Crippen LogP contribution in [-0.4, -0.2) is 73.4 Å². The molecule has 0 saturated carbocycles. The molecule has 2 rings (SSSR count). The minimum Gasteiger partial charge on any atom is -0.392 e. The van der Waals surface area contributed by atoms with E-state index in [2.05, 4.69) is 15.1 Å². The van der Waals surface area contributed by atoms with Crippen LogP contribution in [-0.2, 0) is 0 Å². The highest BCUT2D eigenvalue weighted by atomic mass is 16.3. The van der Waals surface area contributed by atoms with Crippen LogP contribution in [0.4, 0.5) is 0 Å². The summed E-state index contributed by atoms with van der Waals surface area (Å²) >= 11 is 0. The van der Waals surface area contributed by atoms with E-state index in [1.54, 1.807) is 0 Å². The lowest BCUT2D eigenvalue weighted by Crippen LogP contribution is -2.46. The molecule has 2 aliphatic rings. The van der Waals surface area contributed by atoms with E-state index in [1.165, 1.54) is 13.1 Å². The summed E-state index contributed by atoms with van der Waals surface area (Å²) in [4.78, 5) is 4.87. The van der Waals surface area contributed by atoms with E-state index in [-0.39, 0.29) is 6.10 Å². The Kier molecular flexibility index (Phi) is 3.75. The topological polar surface area (TPSA) is 38.7 Å². The number of nitrogens with zero attached hydrogens (tertiary/aromatic N) is 2.